The lowest BCUT2D eigenvalue weighted by atomic mass is 9.98. The van der Waals surface area contributed by atoms with Gasteiger partial charge in [0.1, 0.15) is 0 Å². The first-order valence-electron chi connectivity index (χ1n) is 8.15. The summed E-state index contributed by atoms with van der Waals surface area (Å²) in [6, 6.07) is 8.63. The van der Waals surface area contributed by atoms with Crippen LogP contribution in [-0.4, -0.2) is 34.4 Å². The van der Waals surface area contributed by atoms with Crippen molar-refractivity contribution in [2.75, 3.05) is 0 Å². The van der Waals surface area contributed by atoms with E-state index < -0.39 is 11.9 Å². The van der Waals surface area contributed by atoms with E-state index in [-0.39, 0.29) is 18.6 Å². The van der Waals surface area contributed by atoms with E-state index in [0.29, 0.717) is 12.0 Å². The highest BCUT2D eigenvalue weighted by atomic mass is 16.5. The quantitative estimate of drug-likeness (QED) is 0.812. The number of aliphatic carboxylic acids is 1. The summed E-state index contributed by atoms with van der Waals surface area (Å²) >= 11 is 0. The smallest absolute Gasteiger partial charge is 0.338 e. The van der Waals surface area contributed by atoms with Gasteiger partial charge in [-0.2, -0.15) is 0 Å². The summed E-state index contributed by atoms with van der Waals surface area (Å²) in [7, 11) is 0. The molecule has 0 aromatic heterocycles. The molecule has 5 heteroatoms. The lowest BCUT2D eigenvalue weighted by Gasteiger charge is -2.14. The molecule has 0 spiro atoms. The number of hydrogen-bond acceptors (Lipinski definition) is 4. The van der Waals surface area contributed by atoms with Crippen LogP contribution in [0.5, 0.6) is 0 Å². The number of benzene rings is 1. The van der Waals surface area contributed by atoms with Crippen molar-refractivity contribution in [3.8, 4) is 0 Å². The summed E-state index contributed by atoms with van der Waals surface area (Å²) in [5.41, 5.74) is 0.477. The molecule has 1 aromatic carbocycles. The Kier molecular flexibility index (Phi) is 8.98. The van der Waals surface area contributed by atoms with Gasteiger partial charge in [0.25, 0.3) is 0 Å². The third kappa shape index (κ3) is 8.98. The van der Waals surface area contributed by atoms with E-state index in [9.17, 15) is 9.59 Å². The zero-order valence-electron chi connectivity index (χ0n) is 13.6. The number of aliphatic hydroxyl groups is 1. The van der Waals surface area contributed by atoms with Gasteiger partial charge < -0.3 is 14.9 Å². The molecule has 0 radical (unpaired) electrons. The highest BCUT2D eigenvalue weighted by Crippen LogP contribution is 2.16. The molecule has 0 bridgehead atoms. The molecular weight excluding hydrogens is 296 g/mol. The van der Waals surface area contributed by atoms with Crippen LogP contribution in [0.3, 0.4) is 0 Å². The molecule has 1 fully saturated rings. The Bertz CT molecular complexity index is 466. The van der Waals surface area contributed by atoms with Crippen molar-refractivity contribution in [3.05, 3.63) is 35.9 Å². The molecule has 2 rings (SSSR count). The maximum atomic E-state index is 11.5. The fraction of sp³-hybridized carbons (Fsp3) is 0.556. The molecule has 1 aliphatic rings. The highest BCUT2D eigenvalue weighted by molar-refractivity contribution is 5.89. The first-order valence-corrected chi connectivity index (χ1v) is 8.15. The van der Waals surface area contributed by atoms with Crippen molar-refractivity contribution < 1.29 is 24.5 Å². The average Bonchev–Trinajstić information content (AvgIpc) is 2.55. The summed E-state index contributed by atoms with van der Waals surface area (Å²) < 4.78 is 5.08. The summed E-state index contributed by atoms with van der Waals surface area (Å²) in [6.45, 7) is 1.68. The predicted octanol–water partition coefficient (Wildman–Crippen LogP) is 3.41. The van der Waals surface area contributed by atoms with Crippen LogP contribution in [0.4, 0.5) is 0 Å². The maximum absolute atomic E-state index is 11.5. The number of carboxylic acid groups (broad SMARTS) is 1. The molecule has 1 aromatic rings. The van der Waals surface area contributed by atoms with Gasteiger partial charge in [0.05, 0.1) is 17.8 Å². The summed E-state index contributed by atoms with van der Waals surface area (Å²) in [5, 5.41) is 17.4. The van der Waals surface area contributed by atoms with Crippen molar-refractivity contribution >= 4 is 11.9 Å². The van der Waals surface area contributed by atoms with Crippen LogP contribution < -0.4 is 0 Å². The third-order valence-electron chi connectivity index (χ3n) is 3.66. The van der Waals surface area contributed by atoms with E-state index in [1.54, 1.807) is 31.2 Å². The molecule has 1 unspecified atom stereocenters. The zero-order valence-corrected chi connectivity index (χ0v) is 13.6. The Hall–Kier alpha value is -1.88. The van der Waals surface area contributed by atoms with E-state index in [1.165, 1.54) is 19.3 Å². The van der Waals surface area contributed by atoms with Gasteiger partial charge >= 0.3 is 11.9 Å². The zero-order chi connectivity index (χ0) is 17.1. The van der Waals surface area contributed by atoms with E-state index in [2.05, 4.69) is 0 Å². The molecule has 128 valence electrons. The third-order valence-corrected chi connectivity index (χ3v) is 3.66. The normalized spacial score (nSPS) is 15.9. The Morgan fingerprint density at radius 3 is 2.26 bits per heavy atom. The first-order chi connectivity index (χ1) is 11.0. The number of ether oxygens (including phenoxy) is 1. The van der Waals surface area contributed by atoms with Crippen LogP contribution in [0, 0.1) is 0 Å². The molecule has 1 saturated carbocycles. The molecule has 0 amide bonds. The number of rotatable bonds is 5. The molecule has 0 saturated heterocycles. The monoisotopic (exact) mass is 322 g/mol. The molecule has 23 heavy (non-hydrogen) atoms. The second-order valence-electron chi connectivity index (χ2n) is 5.81. The minimum Gasteiger partial charge on any atom is -0.481 e. The van der Waals surface area contributed by atoms with E-state index >= 15 is 0 Å². The Balaban J connectivity index is 0.000000313. The van der Waals surface area contributed by atoms with Crippen LogP contribution in [0.15, 0.2) is 30.3 Å². The van der Waals surface area contributed by atoms with Crippen molar-refractivity contribution in [1.82, 2.24) is 0 Å². The number of aliphatic hydroxyl groups excluding tert-OH is 1. The van der Waals surface area contributed by atoms with E-state index in [4.69, 9.17) is 14.9 Å². The number of carbonyl (C=O) groups is 2. The number of carbonyl (C=O) groups excluding carboxylic acids is 1. The van der Waals surface area contributed by atoms with E-state index in [0.717, 1.165) is 12.8 Å². The van der Waals surface area contributed by atoms with Crippen molar-refractivity contribution in [1.29, 1.82) is 0 Å². The molecule has 5 nitrogen and oxygen atoms in total. The molecule has 1 atom stereocenters. The minimum atomic E-state index is -0.886. The fourth-order valence-corrected chi connectivity index (χ4v) is 2.29. The predicted molar refractivity (Wildman–Crippen MR) is 87.3 cm³/mol. The summed E-state index contributed by atoms with van der Waals surface area (Å²) in [4.78, 5) is 21.8. The van der Waals surface area contributed by atoms with Crippen LogP contribution in [-0.2, 0) is 9.53 Å². The van der Waals surface area contributed by atoms with Gasteiger partial charge in [-0.15, -0.1) is 0 Å². The molecular formula is C18H26O5. The Morgan fingerprint density at radius 2 is 1.78 bits per heavy atom. The molecule has 0 heterocycles. The second-order valence-corrected chi connectivity index (χ2v) is 5.81. The van der Waals surface area contributed by atoms with Crippen molar-refractivity contribution in [2.24, 2.45) is 0 Å². The Morgan fingerprint density at radius 1 is 1.17 bits per heavy atom. The second kappa shape index (κ2) is 10.8. The lowest BCUT2D eigenvalue weighted by Crippen LogP contribution is -2.16. The van der Waals surface area contributed by atoms with Crippen LogP contribution >= 0.6 is 0 Å². The number of esters is 1. The van der Waals surface area contributed by atoms with Crippen molar-refractivity contribution in [3.63, 3.8) is 0 Å². The standard InChI is InChI=1S/C12H14O4.C6H12O/c1-9(7-8-11(13)14)16-12(15)10-5-3-2-4-6-10;7-6-4-2-1-3-5-6/h2-6,9H,7-8H2,1H3,(H,13,14);6-7H,1-5H2. The topological polar surface area (TPSA) is 83.8 Å². The van der Waals surface area contributed by atoms with Gasteiger partial charge in [0, 0.05) is 6.42 Å². The first kappa shape index (κ1) is 19.2. The number of hydrogen-bond donors (Lipinski definition) is 2. The van der Waals surface area contributed by atoms with Crippen LogP contribution in [0.2, 0.25) is 0 Å². The van der Waals surface area contributed by atoms with Gasteiger partial charge in [-0.3, -0.25) is 4.79 Å². The molecule has 0 aliphatic heterocycles. The minimum absolute atomic E-state index is 0.00321. The van der Waals surface area contributed by atoms with Gasteiger partial charge in [-0.1, -0.05) is 37.5 Å². The number of carboxylic acids is 1. The summed E-state index contributed by atoms with van der Waals surface area (Å²) in [5.74, 6) is -1.30. The largest absolute Gasteiger partial charge is 0.481 e. The fourth-order valence-electron chi connectivity index (χ4n) is 2.29. The lowest BCUT2D eigenvalue weighted by molar-refractivity contribution is -0.137. The highest BCUT2D eigenvalue weighted by Gasteiger charge is 2.12. The van der Waals surface area contributed by atoms with Gasteiger partial charge in [0.2, 0.25) is 0 Å². The Labute approximate surface area is 137 Å². The van der Waals surface area contributed by atoms with Crippen LogP contribution in [0.1, 0.15) is 62.2 Å². The van der Waals surface area contributed by atoms with Gasteiger partial charge in [-0.25, -0.2) is 4.79 Å². The SMILES string of the molecule is CC(CCC(=O)O)OC(=O)c1ccccc1.OC1CCCCC1. The summed E-state index contributed by atoms with van der Waals surface area (Å²) in [6.07, 6.45) is 5.87. The van der Waals surface area contributed by atoms with Gasteiger partial charge in [-0.05, 0) is 38.3 Å². The maximum Gasteiger partial charge on any atom is 0.338 e. The van der Waals surface area contributed by atoms with Crippen molar-refractivity contribution in [2.45, 2.75) is 64.1 Å². The van der Waals surface area contributed by atoms with Crippen LogP contribution in [0.25, 0.3) is 0 Å². The average molecular weight is 322 g/mol. The molecule has 2 N–H and O–H groups in total. The van der Waals surface area contributed by atoms with Gasteiger partial charge in [0.15, 0.2) is 0 Å². The van der Waals surface area contributed by atoms with E-state index in [1.807, 2.05) is 6.07 Å². The molecule has 1 aliphatic carbocycles.